The maximum absolute atomic E-state index is 13.9. The summed E-state index contributed by atoms with van der Waals surface area (Å²) in [5, 5.41) is 18.1. The lowest BCUT2D eigenvalue weighted by Crippen LogP contribution is -2.40. The number of phenols is 1. The second kappa shape index (κ2) is 10.1. The molecule has 0 bridgehead atoms. The Kier molecular flexibility index (Phi) is 6.46. The number of aromatic nitrogens is 6. The van der Waals surface area contributed by atoms with Gasteiger partial charge in [0.2, 0.25) is 0 Å². The SMILES string of the molecule is O=C(c1ccc(Cc2nccn3c(-c4cn(Cc5ccon5)nc4C(F)(F)F)cnc23)cc1O)N1CCOCC1. The summed E-state index contributed by atoms with van der Waals surface area (Å²) in [4.78, 5) is 23.1. The van der Waals surface area contributed by atoms with Crippen LogP contribution < -0.4 is 0 Å². The molecule has 4 aromatic heterocycles. The molecule has 1 aromatic carbocycles. The number of nitrogens with zero attached hydrogens (tertiary/aromatic N) is 7. The average Bonchev–Trinajstić information content (AvgIpc) is 3.69. The third-order valence-electron chi connectivity index (χ3n) is 6.58. The third kappa shape index (κ3) is 4.88. The van der Waals surface area contributed by atoms with Crippen molar-refractivity contribution in [1.82, 2.24) is 34.2 Å². The van der Waals surface area contributed by atoms with E-state index in [2.05, 4.69) is 20.2 Å². The molecule has 5 heterocycles. The zero-order valence-electron chi connectivity index (χ0n) is 20.9. The zero-order valence-corrected chi connectivity index (χ0v) is 20.9. The van der Waals surface area contributed by atoms with Crippen molar-refractivity contribution < 1.29 is 32.3 Å². The van der Waals surface area contributed by atoms with E-state index in [0.717, 1.165) is 4.68 Å². The standard InChI is InChI=1S/C26H22F3N7O4/c27-26(28,29)23-19(15-35(32-23)14-17-3-8-40-33-17)21-13-31-24-20(30-4-5-36(21)24)11-16-1-2-18(22(37)12-16)25(38)34-6-9-39-10-7-34/h1-5,8,12-13,15,37H,6-7,9-11,14H2. The maximum atomic E-state index is 13.9. The number of hydrogen-bond donors (Lipinski definition) is 1. The number of halogens is 3. The molecule has 0 spiro atoms. The van der Waals surface area contributed by atoms with Gasteiger partial charge in [0, 0.05) is 44.2 Å². The molecule has 1 N–H and O–H groups in total. The fourth-order valence-corrected chi connectivity index (χ4v) is 4.68. The number of rotatable bonds is 6. The van der Waals surface area contributed by atoms with E-state index in [-0.39, 0.29) is 41.4 Å². The number of carbonyl (C=O) groups is 1. The van der Waals surface area contributed by atoms with Gasteiger partial charge in [-0.15, -0.1) is 0 Å². The van der Waals surface area contributed by atoms with Gasteiger partial charge in [-0.3, -0.25) is 18.9 Å². The summed E-state index contributed by atoms with van der Waals surface area (Å²) in [6.07, 6.45) is 2.48. The van der Waals surface area contributed by atoms with Gasteiger partial charge in [0.15, 0.2) is 11.3 Å². The number of aromatic hydroxyl groups is 1. The largest absolute Gasteiger partial charge is 0.507 e. The summed E-state index contributed by atoms with van der Waals surface area (Å²) in [5.41, 5.74) is 1.07. The van der Waals surface area contributed by atoms with Crippen LogP contribution >= 0.6 is 0 Å². The molecule has 1 aliphatic rings. The van der Waals surface area contributed by atoms with E-state index in [1.165, 1.54) is 41.5 Å². The van der Waals surface area contributed by atoms with Crippen molar-refractivity contribution in [3.63, 3.8) is 0 Å². The summed E-state index contributed by atoms with van der Waals surface area (Å²) >= 11 is 0. The Hall–Kier alpha value is -4.72. The molecule has 0 unspecified atom stereocenters. The summed E-state index contributed by atoms with van der Waals surface area (Å²) in [6.45, 7) is 1.78. The topological polar surface area (TPSA) is 124 Å². The van der Waals surface area contributed by atoms with Gasteiger partial charge in [0.25, 0.3) is 5.91 Å². The molecule has 1 saturated heterocycles. The van der Waals surface area contributed by atoms with E-state index in [0.29, 0.717) is 48.9 Å². The Labute approximate surface area is 224 Å². The number of hydrogen-bond acceptors (Lipinski definition) is 8. The number of morpholine rings is 1. The number of benzene rings is 1. The summed E-state index contributed by atoms with van der Waals surface area (Å²) in [6, 6.07) is 6.29. The smallest absolute Gasteiger partial charge is 0.435 e. The van der Waals surface area contributed by atoms with Crippen LogP contribution in [-0.4, -0.2) is 71.5 Å². The van der Waals surface area contributed by atoms with Crippen LogP contribution in [0.5, 0.6) is 5.75 Å². The minimum absolute atomic E-state index is 0.00332. The molecule has 1 fully saturated rings. The van der Waals surface area contributed by atoms with Crippen LogP contribution in [0.4, 0.5) is 13.2 Å². The Morgan fingerprint density at radius 1 is 1.12 bits per heavy atom. The van der Waals surface area contributed by atoms with Crippen LogP contribution in [-0.2, 0) is 23.9 Å². The third-order valence-corrected chi connectivity index (χ3v) is 6.58. The number of amides is 1. The predicted octanol–water partition coefficient (Wildman–Crippen LogP) is 3.42. The zero-order chi connectivity index (χ0) is 27.9. The van der Waals surface area contributed by atoms with Crippen molar-refractivity contribution >= 4 is 11.6 Å². The normalized spacial score (nSPS) is 14.2. The van der Waals surface area contributed by atoms with Crippen LogP contribution in [0, 0.1) is 0 Å². The molecule has 1 aliphatic heterocycles. The summed E-state index contributed by atoms with van der Waals surface area (Å²) < 4.78 is 54.5. The maximum Gasteiger partial charge on any atom is 0.435 e. The van der Waals surface area contributed by atoms with Crippen LogP contribution in [0.15, 0.2) is 59.8 Å². The second-order valence-corrected chi connectivity index (χ2v) is 9.22. The molecule has 6 rings (SSSR count). The Bertz CT molecular complexity index is 1670. The molecule has 206 valence electrons. The van der Waals surface area contributed by atoms with Crippen molar-refractivity contribution in [2.75, 3.05) is 26.3 Å². The van der Waals surface area contributed by atoms with E-state index in [9.17, 15) is 23.1 Å². The molecule has 1 amide bonds. The predicted molar refractivity (Wildman–Crippen MR) is 132 cm³/mol. The molecular formula is C26H22F3N7O4. The van der Waals surface area contributed by atoms with Crippen LogP contribution in [0.25, 0.3) is 16.9 Å². The van der Waals surface area contributed by atoms with Gasteiger partial charge in [-0.1, -0.05) is 11.2 Å². The lowest BCUT2D eigenvalue weighted by atomic mass is 10.0. The molecule has 0 saturated carbocycles. The van der Waals surface area contributed by atoms with Crippen molar-refractivity contribution in [3.8, 4) is 17.0 Å². The van der Waals surface area contributed by atoms with Crippen molar-refractivity contribution in [2.45, 2.75) is 19.1 Å². The van der Waals surface area contributed by atoms with Gasteiger partial charge < -0.3 is 19.3 Å². The molecule has 0 aliphatic carbocycles. The first kappa shape index (κ1) is 25.6. The second-order valence-electron chi connectivity index (χ2n) is 9.22. The molecule has 0 atom stereocenters. The van der Waals surface area contributed by atoms with Gasteiger partial charge >= 0.3 is 6.18 Å². The van der Waals surface area contributed by atoms with Crippen LogP contribution in [0.1, 0.15) is 33.0 Å². The number of phenolic OH excluding ortho intramolecular Hbond substituents is 1. The first-order valence-electron chi connectivity index (χ1n) is 12.3. The first-order valence-corrected chi connectivity index (χ1v) is 12.3. The molecule has 11 nitrogen and oxygen atoms in total. The highest BCUT2D eigenvalue weighted by Crippen LogP contribution is 2.36. The molecular weight excluding hydrogens is 531 g/mol. The highest BCUT2D eigenvalue weighted by molar-refractivity contribution is 5.97. The van der Waals surface area contributed by atoms with E-state index >= 15 is 0 Å². The van der Waals surface area contributed by atoms with Gasteiger partial charge in [0.1, 0.15) is 17.7 Å². The minimum Gasteiger partial charge on any atom is -0.507 e. The fourth-order valence-electron chi connectivity index (χ4n) is 4.68. The lowest BCUT2D eigenvalue weighted by Gasteiger charge is -2.27. The Morgan fingerprint density at radius 3 is 2.67 bits per heavy atom. The van der Waals surface area contributed by atoms with E-state index in [1.54, 1.807) is 23.1 Å². The number of alkyl halides is 3. The summed E-state index contributed by atoms with van der Waals surface area (Å²) in [5.74, 6) is -0.450. The van der Waals surface area contributed by atoms with Crippen LogP contribution in [0.3, 0.4) is 0 Å². The minimum atomic E-state index is -4.71. The molecule has 5 aromatic rings. The average molecular weight is 554 g/mol. The van der Waals surface area contributed by atoms with Crippen molar-refractivity contribution in [2.24, 2.45) is 0 Å². The van der Waals surface area contributed by atoms with Gasteiger partial charge in [-0.25, -0.2) is 4.98 Å². The van der Waals surface area contributed by atoms with E-state index < -0.39 is 11.9 Å². The van der Waals surface area contributed by atoms with Crippen molar-refractivity contribution in [1.29, 1.82) is 0 Å². The molecule has 14 heteroatoms. The van der Waals surface area contributed by atoms with Crippen LogP contribution in [0.2, 0.25) is 0 Å². The van der Waals surface area contributed by atoms with Gasteiger partial charge in [-0.2, -0.15) is 18.3 Å². The molecule has 0 radical (unpaired) electrons. The number of fused-ring (bicyclic) bond motifs is 1. The van der Waals surface area contributed by atoms with Gasteiger partial charge in [0.05, 0.1) is 48.5 Å². The Balaban J connectivity index is 1.30. The Morgan fingerprint density at radius 2 is 1.95 bits per heavy atom. The summed E-state index contributed by atoms with van der Waals surface area (Å²) in [7, 11) is 0. The monoisotopic (exact) mass is 553 g/mol. The highest BCUT2D eigenvalue weighted by atomic mass is 19.4. The van der Waals surface area contributed by atoms with E-state index in [1.807, 2.05) is 0 Å². The van der Waals surface area contributed by atoms with E-state index in [4.69, 9.17) is 9.26 Å². The fraction of sp³-hybridized carbons (Fsp3) is 0.269. The lowest BCUT2D eigenvalue weighted by molar-refractivity contribution is -0.141. The number of carbonyl (C=O) groups excluding carboxylic acids is 1. The number of imidazole rings is 1. The highest BCUT2D eigenvalue weighted by Gasteiger charge is 2.38. The molecule has 40 heavy (non-hydrogen) atoms. The quantitative estimate of drug-likeness (QED) is 0.339. The van der Waals surface area contributed by atoms with Gasteiger partial charge in [-0.05, 0) is 17.7 Å². The van der Waals surface area contributed by atoms with Crippen molar-refractivity contribution in [3.05, 3.63) is 83.5 Å². The number of ether oxygens (including phenoxy) is 1. The first-order chi connectivity index (χ1) is 19.3.